The van der Waals surface area contributed by atoms with E-state index >= 15 is 0 Å². The first kappa shape index (κ1) is 18.1. The molecule has 3 rings (SSSR count). The average Bonchev–Trinajstić information content (AvgIpc) is 2.57. The normalized spacial score (nSPS) is 10.2. The summed E-state index contributed by atoms with van der Waals surface area (Å²) in [4.78, 5) is 11.0. The van der Waals surface area contributed by atoms with Crippen molar-refractivity contribution >= 4 is 16.5 Å². The maximum Gasteiger partial charge on any atom is 0.276 e. The lowest BCUT2D eigenvalue weighted by molar-refractivity contribution is -0.677. The molecule has 0 aliphatic carbocycles. The van der Waals surface area contributed by atoms with Gasteiger partial charge in [0.1, 0.15) is 12.8 Å². The van der Waals surface area contributed by atoms with Crippen LogP contribution in [0, 0.1) is 10.1 Å². The number of pyridine rings is 1. The van der Waals surface area contributed by atoms with E-state index < -0.39 is 0 Å². The van der Waals surface area contributed by atoms with Crippen molar-refractivity contribution in [3.8, 4) is 5.75 Å². The lowest BCUT2D eigenvalue weighted by Crippen LogP contribution is -3.00. The van der Waals surface area contributed by atoms with Crippen LogP contribution in [0.2, 0.25) is 0 Å². The van der Waals surface area contributed by atoms with Crippen LogP contribution in [0.5, 0.6) is 5.75 Å². The highest BCUT2D eigenvalue weighted by molar-refractivity contribution is 5.83. The van der Waals surface area contributed by atoms with Gasteiger partial charge in [-0.25, -0.2) is 4.57 Å². The van der Waals surface area contributed by atoms with Crippen LogP contribution in [-0.2, 0) is 13.5 Å². The summed E-state index contributed by atoms with van der Waals surface area (Å²) in [6, 6.07) is 15.0. The average molecular weight is 436 g/mol. The molecule has 1 aromatic heterocycles. The van der Waals surface area contributed by atoms with Gasteiger partial charge in [-0.2, -0.15) is 0 Å². The molecule has 5 nitrogen and oxygen atoms in total. The summed E-state index contributed by atoms with van der Waals surface area (Å²) in [6.07, 6.45) is 2.40. The molecule has 0 saturated carbocycles. The summed E-state index contributed by atoms with van der Waals surface area (Å²) in [6.45, 7) is 0. The number of hydrogen-bond donors (Lipinski definition) is 0. The summed E-state index contributed by atoms with van der Waals surface area (Å²) < 4.78 is 7.35. The first-order valence-electron chi connectivity index (χ1n) is 7.28. The quantitative estimate of drug-likeness (QED) is 0.254. The van der Waals surface area contributed by atoms with Gasteiger partial charge in [0.2, 0.25) is 0 Å². The van der Waals surface area contributed by atoms with Gasteiger partial charge in [-0.15, -0.1) is 0 Å². The molecule has 0 bridgehead atoms. The summed E-state index contributed by atoms with van der Waals surface area (Å²) in [5, 5.41) is 13.6. The zero-order valence-electron chi connectivity index (χ0n) is 13.4. The minimum atomic E-state index is -0.358. The Morgan fingerprint density at radius 2 is 1.88 bits per heavy atom. The summed E-state index contributed by atoms with van der Waals surface area (Å²) in [5.41, 5.74) is 1.68. The molecule has 0 radical (unpaired) electrons. The smallest absolute Gasteiger partial charge is 0.276 e. The molecule has 24 heavy (non-hydrogen) atoms. The van der Waals surface area contributed by atoms with Crippen molar-refractivity contribution in [2.24, 2.45) is 7.05 Å². The number of aryl methyl sites for hydroxylation is 1. The number of ether oxygens (including phenoxy) is 1. The van der Waals surface area contributed by atoms with Gasteiger partial charge in [-0.3, -0.25) is 10.1 Å². The Kier molecular flexibility index (Phi) is 5.71. The van der Waals surface area contributed by atoms with Crippen molar-refractivity contribution in [1.82, 2.24) is 0 Å². The lowest BCUT2D eigenvalue weighted by Gasteiger charge is -2.09. The number of nitro benzene ring substituents is 1. The third kappa shape index (κ3) is 3.33. The SMILES string of the molecule is COc1cccc([N+](=O)[O-])c1Cc1c2ccccc2cc[n+]1C.[I-]. The molecular formula is C18H17IN2O3. The van der Waals surface area contributed by atoms with Gasteiger partial charge >= 0.3 is 0 Å². The Balaban J connectivity index is 0.00000208. The van der Waals surface area contributed by atoms with Gasteiger partial charge in [0.15, 0.2) is 11.9 Å². The van der Waals surface area contributed by atoms with Crippen molar-refractivity contribution in [2.45, 2.75) is 6.42 Å². The Hall–Kier alpha value is -2.22. The molecule has 0 fully saturated rings. The van der Waals surface area contributed by atoms with Crippen molar-refractivity contribution < 1.29 is 38.2 Å². The number of benzene rings is 2. The molecular weight excluding hydrogens is 419 g/mol. The van der Waals surface area contributed by atoms with Gasteiger partial charge in [0.05, 0.1) is 24.0 Å². The highest BCUT2D eigenvalue weighted by atomic mass is 127. The number of rotatable bonds is 4. The molecule has 6 heteroatoms. The Labute approximate surface area is 157 Å². The number of aromatic nitrogens is 1. The number of halogens is 1. The number of hydrogen-bond acceptors (Lipinski definition) is 3. The van der Waals surface area contributed by atoms with E-state index in [9.17, 15) is 10.1 Å². The predicted molar refractivity (Wildman–Crippen MR) is 87.6 cm³/mol. The first-order chi connectivity index (χ1) is 11.1. The van der Waals surface area contributed by atoms with Gasteiger partial charge in [0.25, 0.3) is 5.69 Å². The molecule has 0 N–H and O–H groups in total. The predicted octanol–water partition coefficient (Wildman–Crippen LogP) is 0.176. The molecule has 2 aromatic carbocycles. The lowest BCUT2D eigenvalue weighted by atomic mass is 10.0. The van der Waals surface area contributed by atoms with E-state index in [1.165, 1.54) is 13.2 Å². The fourth-order valence-corrected chi connectivity index (χ4v) is 2.86. The molecule has 0 aliphatic heterocycles. The zero-order valence-corrected chi connectivity index (χ0v) is 15.6. The Bertz CT molecular complexity index is 897. The van der Waals surface area contributed by atoms with E-state index in [-0.39, 0.29) is 34.6 Å². The Morgan fingerprint density at radius 3 is 2.58 bits per heavy atom. The van der Waals surface area contributed by atoms with E-state index in [2.05, 4.69) is 0 Å². The van der Waals surface area contributed by atoms with Crippen molar-refractivity contribution in [3.05, 3.63) is 76.1 Å². The van der Waals surface area contributed by atoms with E-state index in [1.807, 2.05) is 48.1 Å². The molecule has 124 valence electrons. The van der Waals surface area contributed by atoms with Crippen molar-refractivity contribution in [1.29, 1.82) is 0 Å². The van der Waals surface area contributed by atoms with E-state index in [0.29, 0.717) is 17.7 Å². The van der Waals surface area contributed by atoms with Crippen LogP contribution in [0.3, 0.4) is 0 Å². The van der Waals surface area contributed by atoms with Crippen LogP contribution in [0.15, 0.2) is 54.7 Å². The highest BCUT2D eigenvalue weighted by Crippen LogP contribution is 2.31. The molecule has 0 amide bonds. The summed E-state index contributed by atoms with van der Waals surface area (Å²) in [7, 11) is 3.48. The third-order valence-electron chi connectivity index (χ3n) is 4.04. The van der Waals surface area contributed by atoms with E-state index in [1.54, 1.807) is 12.1 Å². The largest absolute Gasteiger partial charge is 1.00 e. The molecule has 0 saturated heterocycles. The monoisotopic (exact) mass is 436 g/mol. The second kappa shape index (κ2) is 7.57. The molecule has 0 unspecified atom stereocenters. The fraction of sp³-hybridized carbons (Fsp3) is 0.167. The molecule has 3 aromatic rings. The Morgan fingerprint density at radius 1 is 1.12 bits per heavy atom. The maximum absolute atomic E-state index is 11.4. The van der Waals surface area contributed by atoms with Gasteiger partial charge in [0, 0.05) is 17.5 Å². The minimum absolute atomic E-state index is 0. The topological polar surface area (TPSA) is 56.3 Å². The second-order valence-electron chi connectivity index (χ2n) is 5.35. The maximum atomic E-state index is 11.4. The van der Waals surface area contributed by atoms with Crippen LogP contribution >= 0.6 is 0 Å². The van der Waals surface area contributed by atoms with Crippen LogP contribution in [0.25, 0.3) is 10.8 Å². The molecule has 1 heterocycles. The number of nitro groups is 1. The first-order valence-corrected chi connectivity index (χ1v) is 7.28. The van der Waals surface area contributed by atoms with E-state index in [4.69, 9.17) is 4.74 Å². The van der Waals surface area contributed by atoms with Crippen molar-refractivity contribution in [2.75, 3.05) is 7.11 Å². The standard InChI is InChI=1S/C18H17N2O3.HI/c1-19-11-10-13-6-3-4-7-14(13)17(19)12-15-16(20(21)22)8-5-9-18(15)23-2;/h3-11H,12H2,1-2H3;1H/q+1;/p-1. The van der Waals surface area contributed by atoms with Crippen LogP contribution in [-0.4, -0.2) is 12.0 Å². The highest BCUT2D eigenvalue weighted by Gasteiger charge is 2.23. The second-order valence-corrected chi connectivity index (χ2v) is 5.35. The number of methoxy groups -OCH3 is 1. The van der Waals surface area contributed by atoms with Crippen LogP contribution in [0.1, 0.15) is 11.3 Å². The van der Waals surface area contributed by atoms with Gasteiger partial charge in [-0.1, -0.05) is 24.3 Å². The van der Waals surface area contributed by atoms with Crippen molar-refractivity contribution in [3.63, 3.8) is 0 Å². The third-order valence-corrected chi connectivity index (χ3v) is 4.04. The van der Waals surface area contributed by atoms with Crippen LogP contribution in [0.4, 0.5) is 5.69 Å². The summed E-state index contributed by atoms with van der Waals surface area (Å²) >= 11 is 0. The zero-order chi connectivity index (χ0) is 16.4. The fourth-order valence-electron chi connectivity index (χ4n) is 2.86. The number of fused-ring (bicyclic) bond motifs is 1. The minimum Gasteiger partial charge on any atom is -1.00 e. The van der Waals surface area contributed by atoms with Gasteiger partial charge in [-0.05, 0) is 17.5 Å². The van der Waals surface area contributed by atoms with Gasteiger partial charge < -0.3 is 28.7 Å². The molecule has 0 atom stereocenters. The summed E-state index contributed by atoms with van der Waals surface area (Å²) in [5.74, 6) is 0.534. The molecule has 0 aliphatic rings. The molecule has 0 spiro atoms. The van der Waals surface area contributed by atoms with E-state index in [0.717, 1.165) is 16.5 Å². The number of nitrogens with zero attached hydrogens (tertiary/aromatic N) is 2. The van der Waals surface area contributed by atoms with Crippen LogP contribution < -0.4 is 33.3 Å².